The first-order valence-electron chi connectivity index (χ1n) is 9.03. The largest absolute Gasteiger partial charge is 0.449 e. The summed E-state index contributed by atoms with van der Waals surface area (Å²) < 4.78 is 6.97. The van der Waals surface area contributed by atoms with Gasteiger partial charge in [-0.2, -0.15) is 5.10 Å². The van der Waals surface area contributed by atoms with Crippen molar-refractivity contribution in [3.8, 4) is 0 Å². The normalized spacial score (nSPS) is 12.3. The molecule has 0 aliphatic rings. The summed E-state index contributed by atoms with van der Waals surface area (Å²) in [6.45, 7) is 5.34. The van der Waals surface area contributed by atoms with E-state index in [1.54, 1.807) is 17.7 Å². The zero-order valence-corrected chi connectivity index (χ0v) is 16.4. The molecule has 1 aromatic heterocycles. The molecule has 0 unspecified atom stereocenters. The molecule has 0 aliphatic carbocycles. The number of aryl methyl sites for hydroxylation is 2. The number of carbonyl (C=O) groups excluding carboxylic acids is 2. The van der Waals surface area contributed by atoms with Gasteiger partial charge >= 0.3 is 5.97 Å². The number of amides is 1. The predicted octanol–water partition coefficient (Wildman–Crippen LogP) is 3.77. The number of carbonyl (C=O) groups is 2. The fourth-order valence-corrected chi connectivity index (χ4v) is 2.96. The quantitative estimate of drug-likeness (QED) is 0.543. The van der Waals surface area contributed by atoms with E-state index < -0.39 is 12.1 Å². The number of nitrogens with one attached hydrogen (secondary N) is 1. The van der Waals surface area contributed by atoms with Crippen LogP contribution in [-0.2, 0) is 21.4 Å². The summed E-state index contributed by atoms with van der Waals surface area (Å²) in [5.74, 6) is -0.963. The minimum atomic E-state index is -0.917. The average molecular weight is 377 g/mol. The van der Waals surface area contributed by atoms with Crippen LogP contribution in [0, 0.1) is 13.8 Å². The van der Waals surface area contributed by atoms with Gasteiger partial charge < -0.3 is 10.1 Å². The highest BCUT2D eigenvalue weighted by Crippen LogP contribution is 2.19. The van der Waals surface area contributed by atoms with Gasteiger partial charge in [-0.05, 0) is 49.8 Å². The molecule has 0 saturated carbocycles. The Labute approximate surface area is 163 Å². The van der Waals surface area contributed by atoms with Crippen molar-refractivity contribution < 1.29 is 14.3 Å². The van der Waals surface area contributed by atoms with E-state index in [9.17, 15) is 9.59 Å². The number of hydrogen-bond acceptors (Lipinski definition) is 4. The van der Waals surface area contributed by atoms with Gasteiger partial charge in [0, 0.05) is 30.1 Å². The summed E-state index contributed by atoms with van der Waals surface area (Å²) in [5.41, 5.74) is 3.30. The molecule has 1 N–H and O–H groups in total. The minimum Gasteiger partial charge on any atom is -0.449 e. The van der Waals surface area contributed by atoms with Crippen molar-refractivity contribution in [1.82, 2.24) is 9.78 Å². The molecule has 1 atom stereocenters. The molecule has 6 nitrogen and oxygen atoms in total. The molecule has 0 fully saturated rings. The molecule has 0 bridgehead atoms. The maximum atomic E-state index is 12.3. The Bertz CT molecular complexity index is 1070. The van der Waals surface area contributed by atoms with Crippen LogP contribution >= 0.6 is 0 Å². The predicted molar refractivity (Wildman–Crippen MR) is 110 cm³/mol. The fourth-order valence-electron chi connectivity index (χ4n) is 2.96. The number of fused-ring (bicyclic) bond motifs is 1. The highest BCUT2D eigenvalue weighted by Gasteiger charge is 2.17. The molecule has 3 aromatic rings. The maximum absolute atomic E-state index is 12.3. The van der Waals surface area contributed by atoms with E-state index >= 15 is 0 Å². The van der Waals surface area contributed by atoms with Crippen LogP contribution in [0.4, 0.5) is 5.69 Å². The van der Waals surface area contributed by atoms with Gasteiger partial charge in [0.25, 0.3) is 5.91 Å². The van der Waals surface area contributed by atoms with Crippen molar-refractivity contribution in [1.29, 1.82) is 0 Å². The molecule has 0 radical (unpaired) electrons. The lowest BCUT2D eigenvalue weighted by Gasteiger charge is -2.13. The van der Waals surface area contributed by atoms with Crippen LogP contribution in [0.25, 0.3) is 16.8 Å². The summed E-state index contributed by atoms with van der Waals surface area (Å²) in [4.78, 5) is 24.4. The van der Waals surface area contributed by atoms with Gasteiger partial charge in [0.2, 0.25) is 0 Å². The summed E-state index contributed by atoms with van der Waals surface area (Å²) >= 11 is 0. The van der Waals surface area contributed by atoms with Crippen LogP contribution in [0.2, 0.25) is 0 Å². The molecule has 0 saturated heterocycles. The summed E-state index contributed by atoms with van der Waals surface area (Å²) in [6.07, 6.45) is 2.06. The van der Waals surface area contributed by atoms with E-state index in [0.29, 0.717) is 5.69 Å². The molecule has 2 aromatic carbocycles. The number of ether oxygens (including phenoxy) is 1. The molecule has 0 spiro atoms. The van der Waals surface area contributed by atoms with E-state index in [1.807, 2.05) is 63.4 Å². The molecule has 6 heteroatoms. The highest BCUT2D eigenvalue weighted by molar-refractivity contribution is 5.98. The second-order valence-electron chi connectivity index (χ2n) is 6.67. The summed E-state index contributed by atoms with van der Waals surface area (Å²) in [5, 5.41) is 9.19. The third-order valence-corrected chi connectivity index (χ3v) is 4.63. The van der Waals surface area contributed by atoms with Crippen molar-refractivity contribution in [2.75, 3.05) is 5.32 Å². The van der Waals surface area contributed by atoms with Crippen LogP contribution in [0.1, 0.15) is 23.9 Å². The number of hydrogen-bond donors (Lipinski definition) is 1. The maximum Gasteiger partial charge on any atom is 0.331 e. The third kappa shape index (κ3) is 4.28. The van der Waals surface area contributed by atoms with Crippen LogP contribution in [-0.4, -0.2) is 27.8 Å². The van der Waals surface area contributed by atoms with E-state index in [-0.39, 0.29) is 5.91 Å². The Kier molecular flexibility index (Phi) is 5.59. The molecular formula is C22H23N3O3. The first kappa shape index (κ1) is 19.4. The lowest BCUT2D eigenvalue weighted by atomic mass is 10.1. The van der Waals surface area contributed by atoms with Crippen molar-refractivity contribution in [2.45, 2.75) is 26.9 Å². The van der Waals surface area contributed by atoms with E-state index in [0.717, 1.165) is 27.7 Å². The monoisotopic (exact) mass is 377 g/mol. The molecule has 1 heterocycles. The standard InChI is InChI=1S/C22H23N3O3/c1-14-20(15(2)25(4)24-14)11-12-21(26)28-16(3)22(27)23-19-10-9-17-7-5-6-8-18(17)13-19/h5-13,16H,1-4H3,(H,23,27)/b12-11+/t16-/m0/s1. The fraction of sp³-hybridized carbons (Fsp3) is 0.227. The number of aromatic nitrogens is 2. The molecule has 144 valence electrons. The molecular weight excluding hydrogens is 354 g/mol. The lowest BCUT2D eigenvalue weighted by molar-refractivity contribution is -0.148. The van der Waals surface area contributed by atoms with Gasteiger partial charge in [-0.15, -0.1) is 0 Å². The summed E-state index contributed by atoms with van der Waals surface area (Å²) in [6, 6.07) is 13.5. The van der Waals surface area contributed by atoms with Crippen molar-refractivity contribution >= 4 is 34.4 Å². The Hall–Kier alpha value is -3.41. The minimum absolute atomic E-state index is 0.384. The molecule has 3 rings (SSSR count). The Morgan fingerprint density at radius 1 is 1.14 bits per heavy atom. The van der Waals surface area contributed by atoms with E-state index in [4.69, 9.17) is 4.74 Å². The van der Waals surface area contributed by atoms with Gasteiger partial charge in [0.1, 0.15) is 0 Å². The first-order valence-corrected chi connectivity index (χ1v) is 9.03. The Morgan fingerprint density at radius 3 is 2.54 bits per heavy atom. The zero-order valence-electron chi connectivity index (χ0n) is 16.4. The van der Waals surface area contributed by atoms with Gasteiger partial charge in [-0.25, -0.2) is 4.79 Å². The number of nitrogens with zero attached hydrogens (tertiary/aromatic N) is 2. The molecule has 1 amide bonds. The second-order valence-corrected chi connectivity index (χ2v) is 6.67. The van der Waals surface area contributed by atoms with E-state index in [1.165, 1.54) is 6.08 Å². The Balaban J connectivity index is 1.61. The van der Waals surface area contributed by atoms with Crippen LogP contribution in [0.15, 0.2) is 48.5 Å². The van der Waals surface area contributed by atoms with Crippen molar-refractivity contribution in [2.24, 2.45) is 7.05 Å². The molecule has 0 aliphatic heterocycles. The number of esters is 1. The average Bonchev–Trinajstić information content (AvgIpc) is 2.91. The van der Waals surface area contributed by atoms with Crippen molar-refractivity contribution in [3.63, 3.8) is 0 Å². The number of benzene rings is 2. The Morgan fingerprint density at radius 2 is 1.86 bits per heavy atom. The topological polar surface area (TPSA) is 73.2 Å². The smallest absolute Gasteiger partial charge is 0.331 e. The summed E-state index contributed by atoms with van der Waals surface area (Å²) in [7, 11) is 1.84. The first-order chi connectivity index (χ1) is 13.3. The van der Waals surface area contributed by atoms with Crippen LogP contribution in [0.5, 0.6) is 0 Å². The SMILES string of the molecule is Cc1nn(C)c(C)c1/C=C/C(=O)O[C@@H](C)C(=O)Nc1ccc2ccccc2c1. The van der Waals surface area contributed by atoms with E-state index in [2.05, 4.69) is 10.4 Å². The lowest BCUT2D eigenvalue weighted by Crippen LogP contribution is -2.29. The second kappa shape index (κ2) is 8.08. The third-order valence-electron chi connectivity index (χ3n) is 4.63. The van der Waals surface area contributed by atoms with Gasteiger partial charge in [-0.1, -0.05) is 30.3 Å². The van der Waals surface area contributed by atoms with Gasteiger partial charge in [-0.3, -0.25) is 9.48 Å². The van der Waals surface area contributed by atoms with Crippen LogP contribution < -0.4 is 5.32 Å². The molecule has 28 heavy (non-hydrogen) atoms. The zero-order chi connectivity index (χ0) is 20.3. The number of anilines is 1. The highest BCUT2D eigenvalue weighted by atomic mass is 16.5. The number of rotatable bonds is 5. The van der Waals surface area contributed by atoms with Crippen LogP contribution in [0.3, 0.4) is 0 Å². The van der Waals surface area contributed by atoms with Crippen molar-refractivity contribution in [3.05, 3.63) is 65.5 Å². The van der Waals surface area contributed by atoms with Gasteiger partial charge in [0.05, 0.1) is 5.69 Å². The van der Waals surface area contributed by atoms with Gasteiger partial charge in [0.15, 0.2) is 6.10 Å².